The molecule has 1 heterocycles. The topological polar surface area (TPSA) is 49.7 Å². The number of ether oxygens (including phenoxy) is 1. The van der Waals surface area contributed by atoms with Crippen molar-refractivity contribution in [3.63, 3.8) is 0 Å². The molecule has 2 unspecified atom stereocenters. The molecule has 3 nitrogen and oxygen atoms in total. The van der Waals surface area contributed by atoms with Crippen LogP contribution in [0.4, 0.5) is 3.89 Å². The maximum Gasteiger partial charge on any atom is 0.160 e. The van der Waals surface area contributed by atoms with Crippen molar-refractivity contribution in [1.82, 2.24) is 0 Å². The molecule has 1 aliphatic heterocycles. The van der Waals surface area contributed by atoms with E-state index in [4.69, 9.17) is 14.9 Å². The molecule has 66 valence electrons. The zero-order valence-corrected chi connectivity index (χ0v) is 6.92. The van der Waals surface area contributed by atoms with Crippen molar-refractivity contribution in [2.24, 2.45) is 0 Å². The van der Waals surface area contributed by atoms with Crippen molar-refractivity contribution in [3.05, 3.63) is 0 Å². The van der Waals surface area contributed by atoms with Crippen molar-refractivity contribution >= 4 is 12.1 Å². The number of rotatable bonds is 1. The second kappa shape index (κ2) is 3.71. The van der Waals surface area contributed by atoms with Crippen molar-refractivity contribution in [1.29, 1.82) is 0 Å². The van der Waals surface area contributed by atoms with Gasteiger partial charge in [-0.3, -0.25) is 0 Å². The van der Waals surface area contributed by atoms with Crippen LogP contribution < -0.4 is 0 Å². The van der Waals surface area contributed by atoms with E-state index in [-0.39, 0.29) is 18.6 Å². The van der Waals surface area contributed by atoms with Crippen LogP contribution in [0, 0.1) is 0 Å². The highest BCUT2D eigenvalue weighted by molar-refractivity contribution is 7.94. The average Bonchev–Trinajstić information content (AvgIpc) is 1.97. The first kappa shape index (κ1) is 9.25. The summed E-state index contributed by atoms with van der Waals surface area (Å²) in [4.78, 5) is 0. The molecule has 0 amide bonds. The Morgan fingerprint density at radius 3 is 2.64 bits per heavy atom. The van der Waals surface area contributed by atoms with Crippen LogP contribution in [0.1, 0.15) is 13.3 Å². The molecule has 1 rings (SSSR count). The van der Waals surface area contributed by atoms with E-state index >= 15 is 0 Å². The molecule has 0 aromatic carbocycles. The third-order valence-electron chi connectivity index (χ3n) is 1.78. The first-order valence-electron chi connectivity index (χ1n) is 3.44. The van der Waals surface area contributed by atoms with Crippen LogP contribution in [0.5, 0.6) is 0 Å². The maximum absolute atomic E-state index is 12.0. The van der Waals surface area contributed by atoms with E-state index in [0.717, 1.165) is 0 Å². The first-order chi connectivity index (χ1) is 5.15. The molecule has 1 fully saturated rings. The third kappa shape index (κ3) is 2.05. The monoisotopic (exact) mass is 182 g/mol. The summed E-state index contributed by atoms with van der Waals surface area (Å²) in [6, 6.07) is 0. The Balaban J connectivity index is 2.48. The van der Waals surface area contributed by atoms with Gasteiger partial charge in [-0.1, -0.05) is 0 Å². The quantitative estimate of drug-likeness (QED) is 0.618. The lowest BCUT2D eigenvalue weighted by molar-refractivity contribution is -0.130. The maximum atomic E-state index is 12.0. The standard InChI is InChI=1S/C6H11FO3S/c1-3-4(8)2-5(9)6(10-3)11-7/h3-6,8-9H,2H2,1H3/t3-,4?,5+,6?/m0/s1. The summed E-state index contributed by atoms with van der Waals surface area (Å²) in [6.07, 6.45) is -1.81. The fraction of sp³-hybridized carbons (Fsp3) is 1.00. The Labute approximate surface area is 68.8 Å². The Morgan fingerprint density at radius 2 is 2.09 bits per heavy atom. The molecule has 0 aromatic rings. The van der Waals surface area contributed by atoms with Gasteiger partial charge in [0.2, 0.25) is 0 Å². The molecular weight excluding hydrogens is 171 g/mol. The van der Waals surface area contributed by atoms with E-state index in [2.05, 4.69) is 0 Å². The number of aliphatic hydroxyl groups excluding tert-OH is 2. The van der Waals surface area contributed by atoms with Crippen molar-refractivity contribution in [2.75, 3.05) is 0 Å². The van der Waals surface area contributed by atoms with Crippen LogP contribution in [0.15, 0.2) is 0 Å². The molecule has 4 atom stereocenters. The van der Waals surface area contributed by atoms with E-state index in [9.17, 15) is 3.89 Å². The van der Waals surface area contributed by atoms with Gasteiger partial charge in [0.1, 0.15) is 0 Å². The SMILES string of the molecule is C[C@@H]1OC(SF)[C@H](O)CC1O. The van der Waals surface area contributed by atoms with Crippen molar-refractivity contribution in [3.8, 4) is 0 Å². The minimum absolute atomic E-state index is 0.0237. The molecule has 1 saturated heterocycles. The Bertz CT molecular complexity index is 135. The minimum Gasteiger partial charge on any atom is -0.390 e. The molecule has 0 saturated carbocycles. The minimum atomic E-state index is -0.906. The second-order valence-electron chi connectivity index (χ2n) is 2.67. The highest BCUT2D eigenvalue weighted by Gasteiger charge is 2.34. The van der Waals surface area contributed by atoms with Gasteiger partial charge in [0.25, 0.3) is 0 Å². The van der Waals surface area contributed by atoms with Crippen LogP contribution in [-0.4, -0.2) is 34.0 Å². The van der Waals surface area contributed by atoms with Gasteiger partial charge in [-0.25, -0.2) is 0 Å². The zero-order valence-electron chi connectivity index (χ0n) is 6.11. The average molecular weight is 182 g/mol. The smallest absolute Gasteiger partial charge is 0.160 e. The van der Waals surface area contributed by atoms with Gasteiger partial charge in [0.15, 0.2) is 5.44 Å². The van der Waals surface area contributed by atoms with Gasteiger partial charge >= 0.3 is 0 Å². The van der Waals surface area contributed by atoms with Gasteiger partial charge in [-0.15, -0.1) is 0 Å². The second-order valence-corrected chi connectivity index (χ2v) is 3.31. The number of aliphatic hydroxyl groups is 2. The van der Waals surface area contributed by atoms with Crippen LogP contribution in [0.25, 0.3) is 0 Å². The molecule has 0 aromatic heterocycles. The molecule has 0 spiro atoms. The summed E-state index contributed by atoms with van der Waals surface area (Å²) in [7, 11) is 0. The zero-order chi connectivity index (χ0) is 8.43. The Kier molecular flexibility index (Phi) is 3.12. The van der Waals surface area contributed by atoms with Gasteiger partial charge in [0, 0.05) is 6.42 Å². The van der Waals surface area contributed by atoms with E-state index in [1.165, 1.54) is 0 Å². The summed E-state index contributed by atoms with van der Waals surface area (Å²) in [5.41, 5.74) is -0.839. The third-order valence-corrected chi connectivity index (χ3v) is 2.38. The van der Waals surface area contributed by atoms with Crippen LogP contribution >= 0.6 is 12.1 Å². The molecule has 0 bridgehead atoms. The number of hydrogen-bond acceptors (Lipinski definition) is 4. The van der Waals surface area contributed by atoms with Crippen LogP contribution in [-0.2, 0) is 4.74 Å². The Morgan fingerprint density at radius 1 is 1.45 bits per heavy atom. The predicted molar refractivity (Wildman–Crippen MR) is 39.7 cm³/mol. The van der Waals surface area contributed by atoms with Crippen LogP contribution in [0.2, 0.25) is 0 Å². The van der Waals surface area contributed by atoms with Gasteiger partial charge in [-0.2, -0.15) is 3.89 Å². The lowest BCUT2D eigenvalue weighted by atomic mass is 10.1. The van der Waals surface area contributed by atoms with E-state index in [1.807, 2.05) is 0 Å². The lowest BCUT2D eigenvalue weighted by Crippen LogP contribution is -2.43. The molecule has 5 heteroatoms. The number of hydrogen-bond donors (Lipinski definition) is 2. The van der Waals surface area contributed by atoms with Gasteiger partial charge in [-0.05, 0) is 6.92 Å². The van der Waals surface area contributed by atoms with E-state index in [0.29, 0.717) is 0 Å². The molecule has 1 aliphatic rings. The molecule has 0 radical (unpaired) electrons. The summed E-state index contributed by atoms with van der Waals surface area (Å²) in [5.74, 6) is 0. The summed E-state index contributed by atoms with van der Waals surface area (Å²) in [6.45, 7) is 1.65. The van der Waals surface area contributed by atoms with Crippen molar-refractivity contribution < 1.29 is 18.8 Å². The fourth-order valence-corrected chi connectivity index (χ4v) is 1.47. The summed E-state index contributed by atoms with van der Waals surface area (Å²) >= 11 is -0.0237. The highest BCUT2D eigenvalue weighted by atomic mass is 32.2. The van der Waals surface area contributed by atoms with Crippen molar-refractivity contribution in [2.45, 2.75) is 37.1 Å². The first-order valence-corrected chi connectivity index (χ1v) is 4.22. The Hall–Kier alpha value is 0.160. The fourth-order valence-electron chi connectivity index (χ4n) is 1.02. The highest BCUT2D eigenvalue weighted by Crippen LogP contribution is 2.27. The largest absolute Gasteiger partial charge is 0.390 e. The summed E-state index contributed by atoms with van der Waals surface area (Å²) in [5, 5.41) is 18.3. The molecule has 2 N–H and O–H groups in total. The molecular formula is C6H11FO3S. The summed E-state index contributed by atoms with van der Waals surface area (Å²) < 4.78 is 16.9. The van der Waals surface area contributed by atoms with E-state index in [1.54, 1.807) is 6.92 Å². The van der Waals surface area contributed by atoms with E-state index < -0.39 is 23.7 Å². The normalized spacial score (nSPS) is 45.8. The van der Waals surface area contributed by atoms with Crippen LogP contribution in [0.3, 0.4) is 0 Å². The van der Waals surface area contributed by atoms with Gasteiger partial charge in [0.05, 0.1) is 30.5 Å². The predicted octanol–water partition coefficient (Wildman–Crippen LogP) is 0.461. The lowest BCUT2D eigenvalue weighted by Gasteiger charge is -2.33. The number of halogens is 1. The molecule has 11 heavy (non-hydrogen) atoms. The molecule has 0 aliphatic carbocycles. The van der Waals surface area contributed by atoms with Gasteiger partial charge < -0.3 is 14.9 Å².